The summed E-state index contributed by atoms with van der Waals surface area (Å²) in [4.78, 5) is 25.4. The number of Topliss-reactive ketones (excluding diaryl/α,β-unsaturated/α-hetero) is 1. The number of hydrogen-bond acceptors (Lipinski definition) is 6. The Labute approximate surface area is 172 Å². The lowest BCUT2D eigenvalue weighted by atomic mass is 10.1. The summed E-state index contributed by atoms with van der Waals surface area (Å²) in [6.07, 6.45) is 2.07. The predicted octanol–water partition coefficient (Wildman–Crippen LogP) is 2.24. The zero-order valence-electron chi connectivity index (χ0n) is 16.5. The normalized spacial score (nSPS) is 19.1. The lowest BCUT2D eigenvalue weighted by molar-refractivity contribution is 0.0474. The van der Waals surface area contributed by atoms with Gasteiger partial charge in [-0.3, -0.25) is 9.00 Å². The van der Waals surface area contributed by atoms with Gasteiger partial charge in [-0.2, -0.15) is 0 Å². The van der Waals surface area contributed by atoms with Gasteiger partial charge in [0.2, 0.25) is 5.78 Å². The maximum absolute atomic E-state index is 12.6. The molecule has 156 valence electrons. The first-order valence-corrected chi connectivity index (χ1v) is 12.5. The molecule has 1 aromatic carbocycles. The van der Waals surface area contributed by atoms with E-state index in [1.807, 2.05) is 11.5 Å². The van der Waals surface area contributed by atoms with Crippen LogP contribution in [0.3, 0.4) is 0 Å². The smallest absolute Gasteiger partial charge is 0.338 e. The summed E-state index contributed by atoms with van der Waals surface area (Å²) < 4.78 is 42.0. The Hall–Kier alpha value is -2.26. The summed E-state index contributed by atoms with van der Waals surface area (Å²) in [7, 11) is -4.18. The first kappa shape index (κ1) is 21.4. The van der Waals surface area contributed by atoms with E-state index in [1.54, 1.807) is 31.4 Å². The van der Waals surface area contributed by atoms with Crippen LogP contribution in [0.2, 0.25) is 0 Å². The highest BCUT2D eigenvalue weighted by Crippen LogP contribution is 2.29. The highest BCUT2D eigenvalue weighted by molar-refractivity contribution is 7.91. The van der Waals surface area contributed by atoms with Gasteiger partial charge in [-0.1, -0.05) is 0 Å². The average molecular weight is 438 g/mol. The van der Waals surface area contributed by atoms with E-state index < -0.39 is 33.2 Å². The van der Waals surface area contributed by atoms with Gasteiger partial charge < -0.3 is 9.30 Å². The summed E-state index contributed by atoms with van der Waals surface area (Å²) in [5, 5.41) is 0. The van der Waals surface area contributed by atoms with Crippen molar-refractivity contribution in [2.45, 2.75) is 31.2 Å². The third-order valence-corrected chi connectivity index (χ3v) is 7.80. The molecule has 2 aromatic rings. The topological polar surface area (TPSA) is 99.5 Å². The van der Waals surface area contributed by atoms with Crippen LogP contribution in [0.4, 0.5) is 0 Å². The SMILES string of the molecule is Cc1cc(C(=O)COC(=O)c2ccc(S(C)=O)cc2)c(C)n1C1CCS(=O)(=O)C1. The van der Waals surface area contributed by atoms with E-state index in [0.29, 0.717) is 22.6 Å². The van der Waals surface area contributed by atoms with E-state index in [2.05, 4.69) is 0 Å². The number of carbonyl (C=O) groups is 2. The minimum absolute atomic E-state index is 0.0739. The molecule has 0 aliphatic carbocycles. The molecule has 2 atom stereocenters. The lowest BCUT2D eigenvalue weighted by Crippen LogP contribution is -2.17. The first-order chi connectivity index (χ1) is 13.6. The molecule has 9 heteroatoms. The molecule has 1 aromatic heterocycles. The molecule has 0 saturated carbocycles. The Balaban J connectivity index is 1.69. The van der Waals surface area contributed by atoms with E-state index in [4.69, 9.17) is 4.74 Å². The number of aromatic nitrogens is 1. The monoisotopic (exact) mass is 437 g/mol. The van der Waals surface area contributed by atoms with Gasteiger partial charge in [-0.15, -0.1) is 0 Å². The Morgan fingerprint density at radius 3 is 2.41 bits per heavy atom. The molecule has 0 amide bonds. The highest BCUT2D eigenvalue weighted by atomic mass is 32.2. The number of hydrogen-bond donors (Lipinski definition) is 0. The van der Waals surface area contributed by atoms with Crippen LogP contribution in [0.1, 0.15) is 44.6 Å². The summed E-state index contributed by atoms with van der Waals surface area (Å²) in [6.45, 7) is 3.20. The summed E-state index contributed by atoms with van der Waals surface area (Å²) in [6, 6.07) is 7.72. The lowest BCUT2D eigenvalue weighted by Gasteiger charge is -2.16. The molecule has 1 aliphatic heterocycles. The van der Waals surface area contributed by atoms with Crippen LogP contribution < -0.4 is 0 Å². The van der Waals surface area contributed by atoms with Gasteiger partial charge in [0.1, 0.15) is 0 Å². The van der Waals surface area contributed by atoms with Crippen molar-refractivity contribution >= 4 is 32.4 Å². The molecule has 2 unspecified atom stereocenters. The van der Waals surface area contributed by atoms with E-state index in [0.717, 1.165) is 5.69 Å². The number of ketones is 1. The van der Waals surface area contributed by atoms with Crippen LogP contribution in [-0.4, -0.2) is 53.3 Å². The van der Waals surface area contributed by atoms with Crippen molar-refractivity contribution < 1.29 is 27.0 Å². The summed E-state index contributed by atoms with van der Waals surface area (Å²) in [5.41, 5.74) is 2.19. The first-order valence-electron chi connectivity index (χ1n) is 9.11. The minimum Gasteiger partial charge on any atom is -0.454 e. The van der Waals surface area contributed by atoms with Gasteiger partial charge in [-0.25, -0.2) is 13.2 Å². The number of benzene rings is 1. The molecule has 1 fully saturated rings. The molecule has 3 rings (SSSR count). The van der Waals surface area contributed by atoms with Crippen molar-refractivity contribution in [2.24, 2.45) is 0 Å². The molecular formula is C20H23NO6S2. The number of rotatable bonds is 6. The van der Waals surface area contributed by atoms with E-state index >= 15 is 0 Å². The highest BCUT2D eigenvalue weighted by Gasteiger charge is 2.31. The zero-order chi connectivity index (χ0) is 21.3. The second-order valence-corrected chi connectivity index (χ2v) is 10.8. The molecule has 0 spiro atoms. The van der Waals surface area contributed by atoms with Gasteiger partial charge in [0, 0.05) is 44.9 Å². The second kappa shape index (κ2) is 8.23. The Bertz CT molecular complexity index is 1080. The van der Waals surface area contributed by atoms with Crippen LogP contribution in [0.15, 0.2) is 35.2 Å². The number of nitrogens with zero attached hydrogens (tertiary/aromatic N) is 1. The zero-order valence-corrected chi connectivity index (χ0v) is 18.1. The molecule has 7 nitrogen and oxygen atoms in total. The van der Waals surface area contributed by atoms with Crippen LogP contribution in [-0.2, 0) is 25.4 Å². The quantitative estimate of drug-likeness (QED) is 0.508. The molecular weight excluding hydrogens is 414 g/mol. The van der Waals surface area contributed by atoms with Gasteiger partial charge in [0.25, 0.3) is 0 Å². The molecule has 0 radical (unpaired) electrons. The molecule has 1 aliphatic rings. The van der Waals surface area contributed by atoms with Crippen molar-refractivity contribution in [3.63, 3.8) is 0 Å². The van der Waals surface area contributed by atoms with Crippen molar-refractivity contribution in [2.75, 3.05) is 24.4 Å². The molecule has 2 heterocycles. The van der Waals surface area contributed by atoms with Crippen LogP contribution in [0, 0.1) is 13.8 Å². The largest absolute Gasteiger partial charge is 0.454 e. The predicted molar refractivity (Wildman–Crippen MR) is 110 cm³/mol. The van der Waals surface area contributed by atoms with Gasteiger partial charge in [0.15, 0.2) is 16.4 Å². The van der Waals surface area contributed by atoms with Crippen LogP contribution in [0.5, 0.6) is 0 Å². The van der Waals surface area contributed by atoms with Crippen molar-refractivity contribution in [1.29, 1.82) is 0 Å². The number of aryl methyl sites for hydroxylation is 1. The molecule has 1 saturated heterocycles. The molecule has 0 bridgehead atoms. The summed E-state index contributed by atoms with van der Waals surface area (Å²) >= 11 is 0. The summed E-state index contributed by atoms with van der Waals surface area (Å²) in [5.74, 6) is -0.753. The Morgan fingerprint density at radius 1 is 1.21 bits per heavy atom. The van der Waals surface area contributed by atoms with E-state index in [-0.39, 0.29) is 28.9 Å². The van der Waals surface area contributed by atoms with Gasteiger partial charge in [0.05, 0.1) is 17.1 Å². The standard InChI is InChI=1S/C20H23NO6S2/c1-13-10-18(14(2)21(13)16-8-9-29(25,26)12-16)19(22)11-27-20(23)15-4-6-17(7-5-15)28(3)24/h4-7,10,16H,8-9,11-12H2,1-3H3. The number of ether oxygens (including phenoxy) is 1. The maximum Gasteiger partial charge on any atom is 0.338 e. The van der Waals surface area contributed by atoms with Gasteiger partial charge >= 0.3 is 5.97 Å². The third-order valence-electron chi connectivity index (χ3n) is 5.11. The number of carbonyl (C=O) groups excluding carboxylic acids is 2. The Morgan fingerprint density at radius 2 is 1.86 bits per heavy atom. The van der Waals surface area contributed by atoms with Crippen LogP contribution >= 0.6 is 0 Å². The number of esters is 1. The molecule has 29 heavy (non-hydrogen) atoms. The third kappa shape index (κ3) is 4.67. The van der Waals surface area contributed by atoms with Gasteiger partial charge in [-0.05, 0) is 50.6 Å². The fourth-order valence-electron chi connectivity index (χ4n) is 3.68. The molecule has 0 N–H and O–H groups in total. The average Bonchev–Trinajstić information content (AvgIpc) is 3.17. The van der Waals surface area contributed by atoms with Crippen molar-refractivity contribution in [3.05, 3.63) is 52.8 Å². The van der Waals surface area contributed by atoms with E-state index in [1.165, 1.54) is 12.1 Å². The second-order valence-electron chi connectivity index (χ2n) is 7.19. The maximum atomic E-state index is 12.6. The van der Waals surface area contributed by atoms with Crippen LogP contribution in [0.25, 0.3) is 0 Å². The fourth-order valence-corrected chi connectivity index (χ4v) is 5.89. The van der Waals surface area contributed by atoms with Crippen molar-refractivity contribution in [3.8, 4) is 0 Å². The van der Waals surface area contributed by atoms with E-state index in [9.17, 15) is 22.2 Å². The Kier molecular flexibility index (Phi) is 6.09. The number of sulfone groups is 1. The van der Waals surface area contributed by atoms with Crippen molar-refractivity contribution in [1.82, 2.24) is 4.57 Å². The minimum atomic E-state index is -3.04. The fraction of sp³-hybridized carbons (Fsp3) is 0.400.